The van der Waals surface area contributed by atoms with Crippen LogP contribution in [0.15, 0.2) is 54.6 Å². The first-order valence-electron chi connectivity index (χ1n) is 12.3. The molecular formula is C28H31N3O4. The monoisotopic (exact) mass is 473 g/mol. The highest BCUT2D eigenvalue weighted by Crippen LogP contribution is 2.55. The molecular weight excluding hydrogens is 442 g/mol. The van der Waals surface area contributed by atoms with Crippen LogP contribution >= 0.6 is 0 Å². The quantitative estimate of drug-likeness (QED) is 0.350. The maximum absolute atomic E-state index is 13.5. The maximum atomic E-state index is 13.5. The minimum atomic E-state index is -0.996. The number of amides is 2. The van der Waals surface area contributed by atoms with Crippen LogP contribution in [-0.4, -0.2) is 28.0 Å². The second-order valence-corrected chi connectivity index (χ2v) is 9.77. The summed E-state index contributed by atoms with van der Waals surface area (Å²) >= 11 is 0. The third-order valence-electron chi connectivity index (χ3n) is 7.41. The summed E-state index contributed by atoms with van der Waals surface area (Å²) in [6.07, 6.45) is 5.67. The minimum absolute atomic E-state index is 0.134. The number of benzene rings is 2. The molecule has 2 amide bonds. The van der Waals surface area contributed by atoms with Gasteiger partial charge in [-0.2, -0.15) is 0 Å². The standard InChI is InChI=1S/C28H31N3O4/c1-18-14-19(23-12-5-6-13-25(23)29-18)17-35-22-11-7-8-20(15-22)28(16-24(28)26(32)31-34)27(33)30-21-9-3-2-4-10-21/h5-8,11-15,21,24,34H,2-4,9-10,16-17H2,1H3,(H,30,33)(H,31,32). The fraction of sp³-hybridized carbons (Fsp3) is 0.393. The Balaban J connectivity index is 1.39. The van der Waals surface area contributed by atoms with Crippen molar-refractivity contribution in [1.29, 1.82) is 0 Å². The van der Waals surface area contributed by atoms with E-state index in [1.54, 1.807) is 5.48 Å². The molecule has 3 N–H and O–H groups in total. The van der Waals surface area contributed by atoms with Gasteiger partial charge in [-0.05, 0) is 56.0 Å². The summed E-state index contributed by atoms with van der Waals surface area (Å²) in [6.45, 7) is 2.32. The molecule has 2 saturated carbocycles. The number of aryl methyl sites for hydroxylation is 1. The number of carbonyl (C=O) groups excluding carboxylic acids is 2. The summed E-state index contributed by atoms with van der Waals surface area (Å²) < 4.78 is 6.16. The van der Waals surface area contributed by atoms with Gasteiger partial charge in [0, 0.05) is 22.7 Å². The first-order valence-corrected chi connectivity index (χ1v) is 12.3. The van der Waals surface area contributed by atoms with Crippen molar-refractivity contribution >= 4 is 22.7 Å². The lowest BCUT2D eigenvalue weighted by atomic mass is 9.89. The summed E-state index contributed by atoms with van der Waals surface area (Å²) in [6, 6.07) is 17.5. The zero-order valence-corrected chi connectivity index (χ0v) is 19.9. The molecule has 0 bridgehead atoms. The predicted molar refractivity (Wildman–Crippen MR) is 132 cm³/mol. The third-order valence-corrected chi connectivity index (χ3v) is 7.41. The summed E-state index contributed by atoms with van der Waals surface area (Å²) in [5.41, 5.74) is 4.35. The molecule has 1 aromatic heterocycles. The number of nitrogens with zero attached hydrogens (tertiary/aromatic N) is 1. The number of nitrogens with one attached hydrogen (secondary N) is 2. The molecule has 2 unspecified atom stereocenters. The Kier molecular flexibility index (Phi) is 6.43. The SMILES string of the molecule is Cc1cc(COc2cccc(C3(C(=O)NC4CCCCC4)CC3C(=O)NO)c2)c2ccccc2n1. The minimum Gasteiger partial charge on any atom is -0.489 e. The van der Waals surface area contributed by atoms with E-state index < -0.39 is 17.2 Å². The van der Waals surface area contributed by atoms with Gasteiger partial charge in [0.25, 0.3) is 0 Å². The molecule has 0 aliphatic heterocycles. The highest BCUT2D eigenvalue weighted by molar-refractivity contribution is 6.00. The number of aromatic nitrogens is 1. The zero-order valence-electron chi connectivity index (χ0n) is 19.9. The van der Waals surface area contributed by atoms with Gasteiger partial charge in [0.05, 0.1) is 16.8 Å². The van der Waals surface area contributed by atoms with Crippen LogP contribution in [0.4, 0.5) is 0 Å². The van der Waals surface area contributed by atoms with Gasteiger partial charge in [0.15, 0.2) is 0 Å². The third kappa shape index (κ3) is 4.60. The van der Waals surface area contributed by atoms with Gasteiger partial charge in [0.2, 0.25) is 11.8 Å². The first-order chi connectivity index (χ1) is 17.0. The van der Waals surface area contributed by atoms with Crippen LogP contribution in [0, 0.1) is 12.8 Å². The number of pyridine rings is 1. The normalized spacial score (nSPS) is 21.9. The van der Waals surface area contributed by atoms with Crippen molar-refractivity contribution in [3.63, 3.8) is 0 Å². The maximum Gasteiger partial charge on any atom is 0.247 e. The van der Waals surface area contributed by atoms with Crippen molar-refractivity contribution in [2.45, 2.75) is 63.5 Å². The lowest BCUT2D eigenvalue weighted by Crippen LogP contribution is -2.44. The summed E-state index contributed by atoms with van der Waals surface area (Å²) in [5.74, 6) is -0.668. The highest BCUT2D eigenvalue weighted by Gasteiger charge is 2.64. The number of hydrogen-bond donors (Lipinski definition) is 3. The Hall–Kier alpha value is -3.45. The van der Waals surface area contributed by atoms with Gasteiger partial charge in [0.1, 0.15) is 12.4 Å². The van der Waals surface area contributed by atoms with Gasteiger partial charge in [-0.3, -0.25) is 19.8 Å². The average molecular weight is 474 g/mol. The van der Waals surface area contributed by atoms with Crippen molar-refractivity contribution in [2.24, 2.45) is 5.92 Å². The van der Waals surface area contributed by atoms with Crippen molar-refractivity contribution in [1.82, 2.24) is 15.8 Å². The van der Waals surface area contributed by atoms with E-state index in [9.17, 15) is 14.8 Å². The first kappa shape index (κ1) is 23.3. The Morgan fingerprint density at radius 1 is 1.09 bits per heavy atom. The number of rotatable bonds is 7. The van der Waals surface area contributed by atoms with E-state index in [0.29, 0.717) is 18.8 Å². The van der Waals surface area contributed by atoms with E-state index in [-0.39, 0.29) is 11.9 Å². The van der Waals surface area contributed by atoms with Crippen LogP contribution in [0.2, 0.25) is 0 Å². The van der Waals surface area contributed by atoms with Gasteiger partial charge in [-0.15, -0.1) is 0 Å². The van der Waals surface area contributed by atoms with Crippen molar-refractivity contribution in [2.75, 3.05) is 0 Å². The molecule has 1 heterocycles. The van der Waals surface area contributed by atoms with Gasteiger partial charge < -0.3 is 10.1 Å². The molecule has 2 atom stereocenters. The molecule has 2 aromatic carbocycles. The smallest absolute Gasteiger partial charge is 0.247 e. The molecule has 0 saturated heterocycles. The van der Waals surface area contributed by atoms with E-state index in [1.165, 1.54) is 6.42 Å². The number of para-hydroxylation sites is 1. The van der Waals surface area contributed by atoms with E-state index in [1.807, 2.05) is 61.5 Å². The van der Waals surface area contributed by atoms with Gasteiger partial charge in [-0.1, -0.05) is 49.6 Å². The number of hydrogen-bond acceptors (Lipinski definition) is 5. The molecule has 0 radical (unpaired) electrons. The Morgan fingerprint density at radius 2 is 1.89 bits per heavy atom. The van der Waals surface area contributed by atoms with E-state index in [4.69, 9.17) is 4.74 Å². The molecule has 2 aliphatic carbocycles. The van der Waals surface area contributed by atoms with Gasteiger partial charge in [-0.25, -0.2) is 5.48 Å². The van der Waals surface area contributed by atoms with Crippen LogP contribution in [0.25, 0.3) is 10.9 Å². The summed E-state index contributed by atoms with van der Waals surface area (Å²) in [4.78, 5) is 30.4. The lowest BCUT2D eigenvalue weighted by Gasteiger charge is -2.26. The molecule has 7 nitrogen and oxygen atoms in total. The molecule has 2 aliphatic rings. The van der Waals surface area contributed by atoms with Crippen LogP contribution in [-0.2, 0) is 21.6 Å². The number of fused-ring (bicyclic) bond motifs is 1. The van der Waals surface area contributed by atoms with E-state index in [2.05, 4.69) is 10.3 Å². The number of carbonyl (C=O) groups is 2. The van der Waals surface area contributed by atoms with Crippen LogP contribution in [0.1, 0.15) is 55.3 Å². The average Bonchev–Trinajstić information content (AvgIpc) is 3.65. The Bertz CT molecular complexity index is 1250. The van der Waals surface area contributed by atoms with Crippen LogP contribution in [0.3, 0.4) is 0 Å². The fourth-order valence-electron chi connectivity index (χ4n) is 5.46. The Labute approximate surface area is 204 Å². The molecule has 7 heteroatoms. The van der Waals surface area contributed by atoms with E-state index in [0.717, 1.165) is 53.4 Å². The number of ether oxygens (including phenoxy) is 1. The predicted octanol–water partition coefficient (Wildman–Crippen LogP) is 4.33. The topological polar surface area (TPSA) is 101 Å². The van der Waals surface area contributed by atoms with Crippen molar-refractivity contribution in [3.05, 3.63) is 71.4 Å². The van der Waals surface area contributed by atoms with E-state index >= 15 is 0 Å². The molecule has 35 heavy (non-hydrogen) atoms. The zero-order chi connectivity index (χ0) is 24.4. The molecule has 182 valence electrons. The molecule has 0 spiro atoms. The second kappa shape index (κ2) is 9.66. The van der Waals surface area contributed by atoms with Gasteiger partial charge >= 0.3 is 0 Å². The second-order valence-electron chi connectivity index (χ2n) is 9.77. The van der Waals surface area contributed by atoms with Crippen molar-refractivity contribution < 1.29 is 19.5 Å². The molecule has 3 aromatic rings. The molecule has 5 rings (SSSR count). The summed E-state index contributed by atoms with van der Waals surface area (Å²) in [7, 11) is 0. The van der Waals surface area contributed by atoms with Crippen LogP contribution in [0.5, 0.6) is 5.75 Å². The molecule has 2 fully saturated rings. The van der Waals surface area contributed by atoms with Crippen molar-refractivity contribution in [3.8, 4) is 5.75 Å². The highest BCUT2D eigenvalue weighted by atomic mass is 16.5. The number of hydroxylamine groups is 1. The Morgan fingerprint density at radius 3 is 2.69 bits per heavy atom. The largest absolute Gasteiger partial charge is 0.489 e. The lowest BCUT2D eigenvalue weighted by molar-refractivity contribution is -0.133. The summed E-state index contributed by atoms with van der Waals surface area (Å²) in [5, 5.41) is 13.5. The van der Waals surface area contributed by atoms with Crippen LogP contribution < -0.4 is 15.5 Å². The fourth-order valence-corrected chi connectivity index (χ4v) is 5.46.